The molecule has 0 spiro atoms. The lowest BCUT2D eigenvalue weighted by Crippen LogP contribution is -2.38. The molecule has 17 heavy (non-hydrogen) atoms. The minimum atomic E-state index is -0.204. The monoisotopic (exact) mass is 298 g/mol. The van der Waals surface area contributed by atoms with Gasteiger partial charge in [0.2, 0.25) is 0 Å². The Morgan fingerprint density at radius 2 is 2.12 bits per heavy atom. The van der Waals surface area contributed by atoms with Gasteiger partial charge in [0.25, 0.3) is 0 Å². The van der Waals surface area contributed by atoms with Gasteiger partial charge in [-0.15, -0.1) is 0 Å². The number of aliphatic hydroxyl groups excluding tert-OH is 1. The Bertz CT molecular complexity index is 359. The lowest BCUT2D eigenvalue weighted by molar-refractivity contribution is 0.119. The standard InChI is InChI=1S/C13H19BrN2O/c14-13-8-4-5-10(16-13)9-15-11-6-2-1-3-7-12(11)17/h4-5,8,11-12,15,17H,1-3,6-7,9H2. The van der Waals surface area contributed by atoms with E-state index in [0.29, 0.717) is 0 Å². The first-order valence-electron chi connectivity index (χ1n) is 6.28. The molecule has 0 radical (unpaired) electrons. The summed E-state index contributed by atoms with van der Waals surface area (Å²) < 4.78 is 0.859. The number of nitrogens with one attached hydrogen (secondary N) is 1. The largest absolute Gasteiger partial charge is 0.392 e. The van der Waals surface area contributed by atoms with Crippen LogP contribution < -0.4 is 5.32 Å². The van der Waals surface area contributed by atoms with Crippen molar-refractivity contribution in [3.63, 3.8) is 0 Å². The molecule has 2 atom stereocenters. The summed E-state index contributed by atoms with van der Waals surface area (Å²) in [5.74, 6) is 0. The van der Waals surface area contributed by atoms with Gasteiger partial charge in [-0.25, -0.2) is 4.98 Å². The van der Waals surface area contributed by atoms with E-state index in [9.17, 15) is 5.11 Å². The fraction of sp³-hybridized carbons (Fsp3) is 0.615. The number of nitrogens with zero attached hydrogens (tertiary/aromatic N) is 1. The fourth-order valence-corrected chi connectivity index (χ4v) is 2.69. The van der Waals surface area contributed by atoms with Crippen molar-refractivity contribution in [3.05, 3.63) is 28.5 Å². The van der Waals surface area contributed by atoms with E-state index in [1.54, 1.807) is 0 Å². The minimum Gasteiger partial charge on any atom is -0.392 e. The van der Waals surface area contributed by atoms with E-state index in [1.807, 2.05) is 18.2 Å². The molecule has 1 aromatic heterocycles. The second-order valence-corrected chi connectivity index (χ2v) is 5.46. The van der Waals surface area contributed by atoms with Crippen LogP contribution in [0.1, 0.15) is 37.8 Å². The zero-order chi connectivity index (χ0) is 12.1. The molecule has 1 aromatic rings. The number of hydrogen-bond donors (Lipinski definition) is 2. The second-order valence-electron chi connectivity index (χ2n) is 4.64. The first-order valence-corrected chi connectivity index (χ1v) is 7.08. The summed E-state index contributed by atoms with van der Waals surface area (Å²) in [7, 11) is 0. The van der Waals surface area contributed by atoms with Gasteiger partial charge >= 0.3 is 0 Å². The fourth-order valence-electron chi connectivity index (χ4n) is 2.31. The highest BCUT2D eigenvalue weighted by Gasteiger charge is 2.20. The Morgan fingerprint density at radius 1 is 1.29 bits per heavy atom. The summed E-state index contributed by atoms with van der Waals surface area (Å²) in [5, 5.41) is 13.4. The Labute approximate surface area is 111 Å². The molecular weight excluding hydrogens is 280 g/mol. The molecule has 1 fully saturated rings. The van der Waals surface area contributed by atoms with E-state index in [4.69, 9.17) is 0 Å². The van der Waals surface area contributed by atoms with Crippen molar-refractivity contribution >= 4 is 15.9 Å². The van der Waals surface area contributed by atoms with E-state index in [2.05, 4.69) is 26.2 Å². The lowest BCUT2D eigenvalue weighted by atomic mass is 10.1. The first kappa shape index (κ1) is 13.0. The van der Waals surface area contributed by atoms with Crippen molar-refractivity contribution in [2.45, 2.75) is 50.8 Å². The molecule has 0 aliphatic heterocycles. The molecule has 1 heterocycles. The number of pyridine rings is 1. The quantitative estimate of drug-likeness (QED) is 0.666. The Hall–Kier alpha value is -0.450. The van der Waals surface area contributed by atoms with Gasteiger partial charge in [0, 0.05) is 12.6 Å². The summed E-state index contributed by atoms with van der Waals surface area (Å²) >= 11 is 3.36. The SMILES string of the molecule is OC1CCCCCC1NCc1cccc(Br)n1. The van der Waals surface area contributed by atoms with Gasteiger partial charge in [0.1, 0.15) is 4.60 Å². The molecule has 1 saturated carbocycles. The summed E-state index contributed by atoms with van der Waals surface area (Å²) in [4.78, 5) is 4.38. The Morgan fingerprint density at radius 3 is 2.94 bits per heavy atom. The summed E-state index contributed by atoms with van der Waals surface area (Å²) in [5.41, 5.74) is 1.01. The van der Waals surface area contributed by atoms with Crippen molar-refractivity contribution < 1.29 is 5.11 Å². The highest BCUT2D eigenvalue weighted by atomic mass is 79.9. The average Bonchev–Trinajstić information content (AvgIpc) is 2.52. The molecule has 94 valence electrons. The summed E-state index contributed by atoms with van der Waals surface area (Å²) in [6.07, 6.45) is 5.38. The molecule has 0 bridgehead atoms. The van der Waals surface area contributed by atoms with Crippen molar-refractivity contribution in [1.29, 1.82) is 0 Å². The molecule has 1 aliphatic carbocycles. The Balaban J connectivity index is 1.88. The van der Waals surface area contributed by atoms with Crippen molar-refractivity contribution in [2.24, 2.45) is 0 Å². The molecule has 0 aromatic carbocycles. The van der Waals surface area contributed by atoms with Crippen LogP contribution >= 0.6 is 15.9 Å². The van der Waals surface area contributed by atoms with Crippen molar-refractivity contribution in [2.75, 3.05) is 0 Å². The van der Waals surface area contributed by atoms with Gasteiger partial charge in [-0.05, 0) is 40.9 Å². The topological polar surface area (TPSA) is 45.1 Å². The lowest BCUT2D eigenvalue weighted by Gasteiger charge is -2.21. The number of aromatic nitrogens is 1. The molecule has 2 N–H and O–H groups in total. The third-order valence-corrected chi connectivity index (χ3v) is 3.74. The van der Waals surface area contributed by atoms with Crippen molar-refractivity contribution in [3.8, 4) is 0 Å². The van der Waals surface area contributed by atoms with Gasteiger partial charge in [-0.3, -0.25) is 0 Å². The molecule has 2 unspecified atom stereocenters. The van der Waals surface area contributed by atoms with E-state index in [1.165, 1.54) is 12.8 Å². The molecule has 0 saturated heterocycles. The van der Waals surface area contributed by atoms with Crippen LogP contribution in [0.15, 0.2) is 22.8 Å². The number of rotatable bonds is 3. The minimum absolute atomic E-state index is 0.204. The third-order valence-electron chi connectivity index (χ3n) is 3.30. The van der Waals surface area contributed by atoms with Gasteiger partial charge < -0.3 is 10.4 Å². The van der Waals surface area contributed by atoms with Crippen LogP contribution in [0.3, 0.4) is 0 Å². The molecule has 2 rings (SSSR count). The maximum Gasteiger partial charge on any atom is 0.106 e. The highest BCUT2D eigenvalue weighted by molar-refractivity contribution is 9.10. The maximum absolute atomic E-state index is 9.99. The highest BCUT2D eigenvalue weighted by Crippen LogP contribution is 2.18. The van der Waals surface area contributed by atoms with Crippen LogP contribution in [0.2, 0.25) is 0 Å². The predicted octanol–water partition coefficient (Wildman–Crippen LogP) is 2.63. The van der Waals surface area contributed by atoms with Crippen LogP contribution in [-0.2, 0) is 6.54 Å². The smallest absolute Gasteiger partial charge is 0.106 e. The van der Waals surface area contributed by atoms with Crippen LogP contribution in [0, 0.1) is 0 Å². The average molecular weight is 299 g/mol. The van der Waals surface area contributed by atoms with Crippen molar-refractivity contribution in [1.82, 2.24) is 10.3 Å². The normalized spacial score (nSPS) is 25.5. The van der Waals surface area contributed by atoms with Gasteiger partial charge in [0.05, 0.1) is 11.8 Å². The van der Waals surface area contributed by atoms with E-state index in [-0.39, 0.29) is 12.1 Å². The van der Waals surface area contributed by atoms with E-state index >= 15 is 0 Å². The summed E-state index contributed by atoms with van der Waals surface area (Å²) in [6.45, 7) is 0.723. The second kappa shape index (κ2) is 6.47. The van der Waals surface area contributed by atoms with Crippen LogP contribution in [0.4, 0.5) is 0 Å². The van der Waals surface area contributed by atoms with Gasteiger partial charge in [-0.1, -0.05) is 25.3 Å². The van der Waals surface area contributed by atoms with Gasteiger partial charge in [-0.2, -0.15) is 0 Å². The molecule has 4 heteroatoms. The zero-order valence-electron chi connectivity index (χ0n) is 9.90. The number of halogens is 1. The predicted molar refractivity (Wildman–Crippen MR) is 71.7 cm³/mol. The first-order chi connectivity index (χ1) is 8.25. The molecule has 3 nitrogen and oxygen atoms in total. The number of hydrogen-bond acceptors (Lipinski definition) is 3. The zero-order valence-corrected chi connectivity index (χ0v) is 11.5. The number of aliphatic hydroxyl groups is 1. The van der Waals surface area contributed by atoms with E-state index < -0.39 is 0 Å². The molecule has 1 aliphatic rings. The summed E-state index contributed by atoms with van der Waals surface area (Å²) in [6, 6.07) is 6.13. The van der Waals surface area contributed by atoms with E-state index in [0.717, 1.165) is 36.1 Å². The Kier molecular flexibility index (Phi) is 4.95. The van der Waals surface area contributed by atoms with Gasteiger partial charge in [0.15, 0.2) is 0 Å². The van der Waals surface area contributed by atoms with Crippen LogP contribution in [0.5, 0.6) is 0 Å². The maximum atomic E-state index is 9.99. The third kappa shape index (κ3) is 4.05. The van der Waals surface area contributed by atoms with Crippen LogP contribution in [0.25, 0.3) is 0 Å². The van der Waals surface area contributed by atoms with Crippen LogP contribution in [-0.4, -0.2) is 22.2 Å². The molecular formula is C13H19BrN2O. The molecule has 0 amide bonds.